The maximum atomic E-state index is 5.70. The molecule has 18 heavy (non-hydrogen) atoms. The second kappa shape index (κ2) is 11.9. The van der Waals surface area contributed by atoms with Crippen LogP contribution in [0, 0.1) is 5.92 Å². The standard InChI is InChI=1S/C15H33NO2/c1-6-10-11-13(7-2)12-14(16-5)15(17-8-3)18-9-4/h13-16H,6-12H2,1-5H3. The SMILES string of the molecule is CCCCC(CC)CC(NC)C(OCC)OCC. The Morgan fingerprint density at radius 1 is 1.00 bits per heavy atom. The Kier molecular flexibility index (Phi) is 11.9. The Morgan fingerprint density at radius 3 is 2.00 bits per heavy atom. The lowest BCUT2D eigenvalue weighted by molar-refractivity contribution is -0.155. The summed E-state index contributed by atoms with van der Waals surface area (Å²) in [6, 6.07) is 0.298. The second-order valence-electron chi connectivity index (χ2n) is 4.83. The fourth-order valence-corrected chi connectivity index (χ4v) is 2.31. The van der Waals surface area contributed by atoms with Crippen molar-refractivity contribution in [2.75, 3.05) is 20.3 Å². The molecule has 3 heteroatoms. The van der Waals surface area contributed by atoms with Gasteiger partial charge in [0.1, 0.15) is 0 Å². The van der Waals surface area contributed by atoms with Crippen molar-refractivity contribution in [2.45, 2.75) is 72.1 Å². The minimum atomic E-state index is -0.110. The lowest BCUT2D eigenvalue weighted by Crippen LogP contribution is -2.42. The molecule has 0 rings (SSSR count). The summed E-state index contributed by atoms with van der Waals surface area (Å²) < 4.78 is 11.4. The van der Waals surface area contributed by atoms with Crippen LogP contribution in [0.4, 0.5) is 0 Å². The molecule has 110 valence electrons. The Hall–Kier alpha value is -0.120. The highest BCUT2D eigenvalue weighted by atomic mass is 16.7. The van der Waals surface area contributed by atoms with Crippen LogP contribution in [0.3, 0.4) is 0 Å². The first-order chi connectivity index (χ1) is 8.73. The molecule has 0 fully saturated rings. The summed E-state index contributed by atoms with van der Waals surface area (Å²) in [6.07, 6.45) is 6.18. The van der Waals surface area contributed by atoms with Gasteiger partial charge in [-0.25, -0.2) is 0 Å². The molecule has 3 nitrogen and oxygen atoms in total. The van der Waals surface area contributed by atoms with Crippen LogP contribution in [0.25, 0.3) is 0 Å². The van der Waals surface area contributed by atoms with E-state index in [1.165, 1.54) is 25.7 Å². The van der Waals surface area contributed by atoms with Crippen LogP contribution in [-0.2, 0) is 9.47 Å². The minimum Gasteiger partial charge on any atom is -0.351 e. The predicted molar refractivity (Wildman–Crippen MR) is 77.8 cm³/mol. The van der Waals surface area contributed by atoms with E-state index in [-0.39, 0.29) is 6.29 Å². The topological polar surface area (TPSA) is 30.5 Å². The van der Waals surface area contributed by atoms with Gasteiger partial charge in [-0.05, 0) is 33.2 Å². The minimum absolute atomic E-state index is 0.110. The molecule has 0 heterocycles. The highest BCUT2D eigenvalue weighted by molar-refractivity contribution is 4.74. The normalized spacial score (nSPS) is 15.0. The molecular weight excluding hydrogens is 226 g/mol. The van der Waals surface area contributed by atoms with Gasteiger partial charge in [-0.15, -0.1) is 0 Å². The van der Waals surface area contributed by atoms with Crippen molar-refractivity contribution in [3.63, 3.8) is 0 Å². The number of hydrogen-bond acceptors (Lipinski definition) is 3. The third-order valence-electron chi connectivity index (χ3n) is 3.49. The number of likely N-dealkylation sites (N-methyl/N-ethyl adjacent to an activating group) is 1. The van der Waals surface area contributed by atoms with Gasteiger partial charge in [-0.2, -0.15) is 0 Å². The van der Waals surface area contributed by atoms with Crippen molar-refractivity contribution in [2.24, 2.45) is 5.92 Å². The Bertz CT molecular complexity index is 170. The van der Waals surface area contributed by atoms with Crippen LogP contribution >= 0.6 is 0 Å². The van der Waals surface area contributed by atoms with Crippen molar-refractivity contribution in [3.05, 3.63) is 0 Å². The van der Waals surface area contributed by atoms with E-state index >= 15 is 0 Å². The summed E-state index contributed by atoms with van der Waals surface area (Å²) >= 11 is 0. The summed E-state index contributed by atoms with van der Waals surface area (Å²) in [5, 5.41) is 3.36. The maximum absolute atomic E-state index is 5.70. The zero-order valence-corrected chi connectivity index (χ0v) is 13.0. The number of unbranched alkanes of at least 4 members (excludes halogenated alkanes) is 1. The van der Waals surface area contributed by atoms with E-state index in [2.05, 4.69) is 19.2 Å². The predicted octanol–water partition coefficient (Wildman–Crippen LogP) is 3.58. The third-order valence-corrected chi connectivity index (χ3v) is 3.49. The van der Waals surface area contributed by atoms with E-state index in [0.717, 1.165) is 12.3 Å². The largest absolute Gasteiger partial charge is 0.351 e. The van der Waals surface area contributed by atoms with E-state index in [1.807, 2.05) is 20.9 Å². The van der Waals surface area contributed by atoms with Gasteiger partial charge in [-0.1, -0.05) is 39.5 Å². The summed E-state index contributed by atoms with van der Waals surface area (Å²) in [5.74, 6) is 0.769. The van der Waals surface area contributed by atoms with Gasteiger partial charge in [0, 0.05) is 13.2 Å². The zero-order chi connectivity index (χ0) is 13.8. The van der Waals surface area contributed by atoms with Crippen molar-refractivity contribution in [1.82, 2.24) is 5.32 Å². The number of hydrogen-bond donors (Lipinski definition) is 1. The lowest BCUT2D eigenvalue weighted by atomic mass is 9.92. The van der Waals surface area contributed by atoms with Crippen LogP contribution in [0.1, 0.15) is 59.8 Å². The Labute approximate surface area is 114 Å². The molecule has 0 aromatic heterocycles. The van der Waals surface area contributed by atoms with Crippen molar-refractivity contribution >= 4 is 0 Å². The lowest BCUT2D eigenvalue weighted by Gasteiger charge is -2.29. The van der Waals surface area contributed by atoms with Crippen LogP contribution < -0.4 is 5.32 Å². The van der Waals surface area contributed by atoms with Crippen LogP contribution in [0.15, 0.2) is 0 Å². The second-order valence-corrected chi connectivity index (χ2v) is 4.83. The third kappa shape index (κ3) is 7.34. The van der Waals surface area contributed by atoms with Gasteiger partial charge in [0.25, 0.3) is 0 Å². The molecule has 0 aliphatic heterocycles. The molecular formula is C15H33NO2. The summed E-state index contributed by atoms with van der Waals surface area (Å²) in [6.45, 7) is 9.98. The molecule has 0 spiro atoms. The molecule has 2 unspecified atom stereocenters. The maximum Gasteiger partial charge on any atom is 0.172 e. The number of rotatable bonds is 12. The molecule has 1 N–H and O–H groups in total. The summed E-state index contributed by atoms with van der Waals surface area (Å²) in [7, 11) is 2.00. The zero-order valence-electron chi connectivity index (χ0n) is 13.0. The monoisotopic (exact) mass is 259 g/mol. The molecule has 0 aliphatic rings. The van der Waals surface area contributed by atoms with E-state index in [4.69, 9.17) is 9.47 Å². The number of nitrogens with one attached hydrogen (secondary N) is 1. The number of ether oxygens (including phenoxy) is 2. The van der Waals surface area contributed by atoms with Gasteiger partial charge in [0.2, 0.25) is 0 Å². The quantitative estimate of drug-likeness (QED) is 0.543. The van der Waals surface area contributed by atoms with Gasteiger partial charge in [-0.3, -0.25) is 0 Å². The fourth-order valence-electron chi connectivity index (χ4n) is 2.31. The molecule has 0 aromatic rings. The van der Waals surface area contributed by atoms with Gasteiger partial charge >= 0.3 is 0 Å². The van der Waals surface area contributed by atoms with Crippen molar-refractivity contribution in [3.8, 4) is 0 Å². The van der Waals surface area contributed by atoms with Crippen LogP contribution in [-0.4, -0.2) is 32.6 Å². The van der Waals surface area contributed by atoms with E-state index in [9.17, 15) is 0 Å². The highest BCUT2D eigenvalue weighted by Gasteiger charge is 2.23. The molecule has 0 saturated carbocycles. The molecule has 0 amide bonds. The van der Waals surface area contributed by atoms with Gasteiger partial charge in [0.15, 0.2) is 6.29 Å². The van der Waals surface area contributed by atoms with Gasteiger partial charge < -0.3 is 14.8 Å². The van der Waals surface area contributed by atoms with Gasteiger partial charge in [0.05, 0.1) is 6.04 Å². The van der Waals surface area contributed by atoms with E-state index < -0.39 is 0 Å². The molecule has 0 bridgehead atoms. The van der Waals surface area contributed by atoms with Crippen LogP contribution in [0.2, 0.25) is 0 Å². The van der Waals surface area contributed by atoms with Crippen molar-refractivity contribution < 1.29 is 9.47 Å². The molecule has 2 atom stereocenters. The highest BCUT2D eigenvalue weighted by Crippen LogP contribution is 2.21. The Morgan fingerprint density at radius 2 is 1.61 bits per heavy atom. The van der Waals surface area contributed by atoms with Crippen LogP contribution in [0.5, 0.6) is 0 Å². The average molecular weight is 259 g/mol. The van der Waals surface area contributed by atoms with Crippen molar-refractivity contribution in [1.29, 1.82) is 0 Å². The smallest absolute Gasteiger partial charge is 0.172 e. The van der Waals surface area contributed by atoms with E-state index in [0.29, 0.717) is 19.3 Å². The fraction of sp³-hybridized carbons (Fsp3) is 1.00. The summed E-state index contributed by atoms with van der Waals surface area (Å²) in [5.41, 5.74) is 0. The van der Waals surface area contributed by atoms with E-state index in [1.54, 1.807) is 0 Å². The molecule has 0 aromatic carbocycles. The molecule has 0 saturated heterocycles. The Balaban J connectivity index is 4.32. The summed E-state index contributed by atoms with van der Waals surface area (Å²) in [4.78, 5) is 0. The first-order valence-corrected chi connectivity index (χ1v) is 7.63. The first kappa shape index (κ1) is 17.9. The molecule has 0 radical (unpaired) electrons. The molecule has 0 aliphatic carbocycles. The first-order valence-electron chi connectivity index (χ1n) is 7.63. The average Bonchev–Trinajstić information content (AvgIpc) is 2.39.